The minimum absolute atomic E-state index is 0.130. The number of amides is 2. The van der Waals surface area contributed by atoms with E-state index in [9.17, 15) is 9.59 Å². The molecule has 8 nitrogen and oxygen atoms in total. The third kappa shape index (κ3) is 4.61. The third-order valence-electron chi connectivity index (χ3n) is 5.08. The Hall–Kier alpha value is -2.97. The van der Waals surface area contributed by atoms with Crippen LogP contribution in [-0.4, -0.2) is 43.4 Å². The molecule has 0 fully saturated rings. The monoisotopic (exact) mass is 462 g/mol. The highest BCUT2D eigenvalue weighted by Crippen LogP contribution is 2.34. The zero-order valence-corrected chi connectivity index (χ0v) is 19.8. The molecule has 2 aromatic rings. The van der Waals surface area contributed by atoms with Crippen LogP contribution in [-0.2, 0) is 11.3 Å². The maximum atomic E-state index is 13.5. The first-order valence-corrected chi connectivity index (χ1v) is 10.4. The average Bonchev–Trinajstić information content (AvgIpc) is 2.76. The van der Waals surface area contributed by atoms with Gasteiger partial charge < -0.3 is 18.9 Å². The highest BCUT2D eigenvalue weighted by molar-refractivity contribution is 6.34. The van der Waals surface area contributed by atoms with Gasteiger partial charge in [-0.2, -0.15) is 0 Å². The van der Waals surface area contributed by atoms with E-state index < -0.39 is 17.4 Å². The van der Waals surface area contributed by atoms with Crippen LogP contribution in [0.15, 0.2) is 24.3 Å². The van der Waals surface area contributed by atoms with E-state index in [1.165, 1.54) is 19.2 Å². The van der Waals surface area contributed by atoms with Gasteiger partial charge in [-0.15, -0.1) is 0 Å². The Morgan fingerprint density at radius 1 is 1.12 bits per heavy atom. The van der Waals surface area contributed by atoms with Gasteiger partial charge in [0.2, 0.25) is 0 Å². The SMILES string of the molecule is COc1cc(C(=O)N(NC(=O)c2ccc3c(c2Cl)COCO3)C(C)(C)C)cc(OC)c1C. The predicted octanol–water partition coefficient (Wildman–Crippen LogP) is 4.12. The molecule has 1 N–H and O–H groups in total. The van der Waals surface area contributed by atoms with Crippen molar-refractivity contribution in [2.24, 2.45) is 0 Å². The molecule has 0 aliphatic carbocycles. The topological polar surface area (TPSA) is 86.3 Å². The number of benzene rings is 2. The Morgan fingerprint density at radius 3 is 2.31 bits per heavy atom. The molecule has 2 aromatic carbocycles. The minimum Gasteiger partial charge on any atom is -0.496 e. The number of nitrogens with zero attached hydrogens (tertiary/aromatic N) is 1. The van der Waals surface area contributed by atoms with Gasteiger partial charge in [-0.1, -0.05) is 11.6 Å². The molecule has 1 heterocycles. The fourth-order valence-electron chi connectivity index (χ4n) is 3.32. The molecule has 2 amide bonds. The van der Waals surface area contributed by atoms with Gasteiger partial charge in [-0.05, 0) is 52.0 Å². The Morgan fingerprint density at radius 2 is 1.75 bits per heavy atom. The van der Waals surface area contributed by atoms with Crippen LogP contribution in [0.3, 0.4) is 0 Å². The number of hydrogen-bond acceptors (Lipinski definition) is 6. The lowest BCUT2D eigenvalue weighted by Gasteiger charge is -2.36. The first-order valence-electron chi connectivity index (χ1n) is 9.98. The second-order valence-electron chi connectivity index (χ2n) is 8.27. The summed E-state index contributed by atoms with van der Waals surface area (Å²) in [4.78, 5) is 26.6. The van der Waals surface area contributed by atoms with Crippen LogP contribution < -0.4 is 19.6 Å². The van der Waals surface area contributed by atoms with Gasteiger partial charge in [-0.25, -0.2) is 5.01 Å². The fourth-order valence-corrected chi connectivity index (χ4v) is 3.62. The second kappa shape index (κ2) is 9.26. The first kappa shape index (κ1) is 23.7. The van der Waals surface area contributed by atoms with Crippen molar-refractivity contribution in [3.8, 4) is 17.2 Å². The quantitative estimate of drug-likeness (QED) is 0.688. The van der Waals surface area contributed by atoms with E-state index in [4.69, 9.17) is 30.5 Å². The lowest BCUT2D eigenvalue weighted by molar-refractivity contribution is -0.0163. The van der Waals surface area contributed by atoms with Crippen LogP contribution in [0.25, 0.3) is 0 Å². The molecular weight excluding hydrogens is 436 g/mol. The Labute approximate surface area is 192 Å². The molecule has 0 spiro atoms. The molecule has 0 radical (unpaired) electrons. The highest BCUT2D eigenvalue weighted by atomic mass is 35.5. The summed E-state index contributed by atoms with van der Waals surface area (Å²) in [6.45, 7) is 7.63. The van der Waals surface area contributed by atoms with Crippen LogP contribution in [0.4, 0.5) is 0 Å². The van der Waals surface area contributed by atoms with Crippen LogP contribution >= 0.6 is 11.6 Å². The van der Waals surface area contributed by atoms with Crippen molar-refractivity contribution >= 4 is 23.4 Å². The van der Waals surface area contributed by atoms with E-state index in [0.29, 0.717) is 28.4 Å². The maximum absolute atomic E-state index is 13.5. The van der Waals surface area contributed by atoms with E-state index in [0.717, 1.165) is 5.56 Å². The summed E-state index contributed by atoms with van der Waals surface area (Å²) in [5.74, 6) is 0.623. The lowest BCUT2D eigenvalue weighted by Crippen LogP contribution is -2.56. The van der Waals surface area contributed by atoms with E-state index in [1.54, 1.807) is 24.3 Å². The normalized spacial score (nSPS) is 13.0. The van der Waals surface area contributed by atoms with E-state index >= 15 is 0 Å². The molecule has 3 rings (SSSR count). The van der Waals surface area contributed by atoms with Crippen molar-refractivity contribution in [2.75, 3.05) is 21.0 Å². The Balaban J connectivity index is 1.95. The van der Waals surface area contributed by atoms with Crippen molar-refractivity contribution in [2.45, 2.75) is 39.8 Å². The second-order valence-corrected chi connectivity index (χ2v) is 8.65. The van der Waals surface area contributed by atoms with Gasteiger partial charge in [0.1, 0.15) is 17.2 Å². The molecule has 172 valence electrons. The van der Waals surface area contributed by atoms with Gasteiger partial charge >= 0.3 is 0 Å². The van der Waals surface area contributed by atoms with Gasteiger partial charge in [-0.3, -0.25) is 15.0 Å². The first-order chi connectivity index (χ1) is 15.1. The summed E-state index contributed by atoms with van der Waals surface area (Å²) in [7, 11) is 3.04. The average molecular weight is 463 g/mol. The molecule has 9 heteroatoms. The standard InChI is InChI=1S/C23H27ClN2O6/c1-13-18(29-5)9-14(10-19(13)30-6)22(28)26(23(2,3)4)25-21(27)15-7-8-17-16(20(15)24)11-31-12-32-17/h7-10H,11-12H2,1-6H3,(H,25,27). The van der Waals surface area contributed by atoms with Crippen LogP contribution in [0.1, 0.15) is 52.6 Å². The molecule has 1 aliphatic rings. The number of halogens is 1. The summed E-state index contributed by atoms with van der Waals surface area (Å²) >= 11 is 6.46. The predicted molar refractivity (Wildman–Crippen MR) is 119 cm³/mol. The van der Waals surface area contributed by atoms with Gasteiger partial charge in [0, 0.05) is 16.7 Å². The number of rotatable bonds is 4. The van der Waals surface area contributed by atoms with Crippen LogP contribution in [0.5, 0.6) is 17.2 Å². The molecule has 1 aliphatic heterocycles. The van der Waals surface area contributed by atoms with E-state index in [2.05, 4.69) is 5.43 Å². The summed E-state index contributed by atoms with van der Waals surface area (Å²) in [5.41, 5.74) is 3.83. The molecular formula is C23H27ClN2O6. The Kier molecular flexibility index (Phi) is 6.85. The van der Waals surface area contributed by atoms with Crippen molar-refractivity contribution in [3.63, 3.8) is 0 Å². The smallest absolute Gasteiger partial charge is 0.273 e. The summed E-state index contributed by atoms with van der Waals surface area (Å²) in [6.07, 6.45) is 0. The molecule has 32 heavy (non-hydrogen) atoms. The third-order valence-corrected chi connectivity index (χ3v) is 5.51. The van der Waals surface area contributed by atoms with Crippen LogP contribution in [0, 0.1) is 6.92 Å². The molecule has 0 aromatic heterocycles. The molecule has 0 saturated heterocycles. The molecule has 0 atom stereocenters. The van der Waals surface area contributed by atoms with Gasteiger partial charge in [0.25, 0.3) is 11.8 Å². The molecule has 0 bridgehead atoms. The highest BCUT2D eigenvalue weighted by Gasteiger charge is 2.32. The van der Waals surface area contributed by atoms with Crippen molar-refractivity contribution in [1.29, 1.82) is 0 Å². The molecule has 0 saturated carbocycles. The fraction of sp³-hybridized carbons (Fsp3) is 0.391. The number of hydrazine groups is 1. The summed E-state index contributed by atoms with van der Waals surface area (Å²) in [5, 5.41) is 1.49. The number of carbonyl (C=O) groups is 2. The zero-order chi connectivity index (χ0) is 23.6. The van der Waals surface area contributed by atoms with Crippen molar-refractivity contribution in [3.05, 3.63) is 51.5 Å². The van der Waals surface area contributed by atoms with E-state index in [-0.39, 0.29) is 24.0 Å². The number of ether oxygens (including phenoxy) is 4. The number of fused-ring (bicyclic) bond motifs is 1. The van der Waals surface area contributed by atoms with Gasteiger partial charge in [0.15, 0.2) is 6.79 Å². The minimum atomic E-state index is -0.745. The van der Waals surface area contributed by atoms with E-state index in [1.807, 2.05) is 27.7 Å². The number of methoxy groups -OCH3 is 2. The largest absolute Gasteiger partial charge is 0.496 e. The zero-order valence-electron chi connectivity index (χ0n) is 19.0. The van der Waals surface area contributed by atoms with Crippen molar-refractivity contribution in [1.82, 2.24) is 10.4 Å². The summed E-state index contributed by atoms with van der Waals surface area (Å²) < 4.78 is 21.4. The lowest BCUT2D eigenvalue weighted by atomic mass is 10.0. The number of hydrogen-bond donors (Lipinski definition) is 1. The van der Waals surface area contributed by atoms with Crippen LogP contribution in [0.2, 0.25) is 5.02 Å². The van der Waals surface area contributed by atoms with Crippen molar-refractivity contribution < 1.29 is 28.5 Å². The van der Waals surface area contributed by atoms with Gasteiger partial charge in [0.05, 0.1) is 37.0 Å². The maximum Gasteiger partial charge on any atom is 0.273 e. The number of nitrogens with one attached hydrogen (secondary N) is 1. The Bertz CT molecular complexity index is 1020. The molecule has 0 unspecified atom stereocenters. The summed E-state index contributed by atoms with van der Waals surface area (Å²) in [6, 6.07) is 6.46. The number of carbonyl (C=O) groups excluding carboxylic acids is 2.